The van der Waals surface area contributed by atoms with Crippen LogP contribution in [0.5, 0.6) is 0 Å². The molecule has 0 unspecified atom stereocenters. The molecule has 0 aliphatic carbocycles. The van der Waals surface area contributed by atoms with Crippen LogP contribution in [0.2, 0.25) is 0 Å². The van der Waals surface area contributed by atoms with Gasteiger partial charge in [-0.05, 0) is 12.1 Å². The molecule has 0 aromatic heterocycles. The van der Waals surface area contributed by atoms with Crippen molar-refractivity contribution in [2.45, 2.75) is 0 Å². The van der Waals surface area contributed by atoms with Gasteiger partial charge in [-0.25, -0.2) is 13.2 Å². The third-order valence-corrected chi connectivity index (χ3v) is 0.904. The van der Waals surface area contributed by atoms with Gasteiger partial charge >= 0.3 is 23.1 Å². The summed E-state index contributed by atoms with van der Waals surface area (Å²) in [7, 11) is 0. The summed E-state index contributed by atoms with van der Waals surface area (Å²) in [5, 5.41) is 0. The van der Waals surface area contributed by atoms with E-state index in [0.29, 0.717) is 0 Å². The van der Waals surface area contributed by atoms with Crippen molar-refractivity contribution >= 4 is 23.1 Å². The molecule has 0 heterocycles. The van der Waals surface area contributed by atoms with Crippen LogP contribution in [0, 0.1) is 17.5 Å². The second kappa shape index (κ2) is 8.34. The first-order chi connectivity index (χ1) is 4.22. The quantitative estimate of drug-likeness (QED) is 0.336. The van der Waals surface area contributed by atoms with Crippen molar-refractivity contribution in [3.05, 3.63) is 35.7 Å². The molecule has 0 bridgehead atoms. The molecular weight excluding hydrogens is 313 g/mol. The van der Waals surface area contributed by atoms with Gasteiger partial charge < -0.3 is 34.0 Å². The van der Waals surface area contributed by atoms with Crippen molar-refractivity contribution in [1.82, 2.24) is 0 Å². The summed E-state index contributed by atoms with van der Waals surface area (Å²) in [5.74, 6) is -3.73. The summed E-state index contributed by atoms with van der Waals surface area (Å²) >= 11 is 0. The SMILES string of the molecule is Fc1cccc(F)c1F.[Br-].[Br-].[Mg+2]. The van der Waals surface area contributed by atoms with Gasteiger partial charge in [-0.3, -0.25) is 0 Å². The average Bonchev–Trinajstić information content (AvgIpc) is 1.83. The van der Waals surface area contributed by atoms with Crippen molar-refractivity contribution < 1.29 is 47.1 Å². The van der Waals surface area contributed by atoms with Gasteiger partial charge in [-0.1, -0.05) is 6.07 Å². The predicted octanol–water partition coefficient (Wildman–Crippen LogP) is -4.27. The van der Waals surface area contributed by atoms with Crippen LogP contribution in [-0.4, -0.2) is 23.1 Å². The Labute approximate surface area is 105 Å². The Balaban J connectivity index is -0.000000270. The monoisotopic (exact) mass is 314 g/mol. The third-order valence-electron chi connectivity index (χ3n) is 0.904. The Kier molecular flexibility index (Phi) is 12.9. The molecule has 1 rings (SSSR count). The van der Waals surface area contributed by atoms with Gasteiger partial charge in [0, 0.05) is 0 Å². The number of rotatable bonds is 0. The Hall–Kier alpha value is 0.736. The summed E-state index contributed by atoms with van der Waals surface area (Å²) in [4.78, 5) is 0. The maximum Gasteiger partial charge on any atom is 2.00 e. The minimum atomic E-state index is -1.42. The Morgan fingerprint density at radius 3 is 1.42 bits per heavy atom. The molecule has 12 heavy (non-hydrogen) atoms. The zero-order valence-corrected chi connectivity index (χ0v) is 10.4. The molecule has 0 spiro atoms. The van der Waals surface area contributed by atoms with E-state index < -0.39 is 17.5 Å². The second-order valence-electron chi connectivity index (χ2n) is 1.54. The van der Waals surface area contributed by atoms with Crippen LogP contribution in [-0.2, 0) is 0 Å². The molecule has 0 fully saturated rings. The molecule has 64 valence electrons. The number of hydrogen-bond donors (Lipinski definition) is 0. The zero-order valence-electron chi connectivity index (χ0n) is 5.83. The number of halogens is 5. The average molecular weight is 316 g/mol. The maximum absolute atomic E-state index is 12.0. The molecule has 0 aliphatic rings. The fourth-order valence-electron chi connectivity index (χ4n) is 0.477. The van der Waals surface area contributed by atoms with Crippen LogP contribution in [0.25, 0.3) is 0 Å². The van der Waals surface area contributed by atoms with Crippen LogP contribution < -0.4 is 34.0 Å². The van der Waals surface area contributed by atoms with Gasteiger partial charge in [0.15, 0.2) is 17.5 Å². The smallest absolute Gasteiger partial charge is 1.00 e. The first kappa shape index (κ1) is 18.5. The van der Waals surface area contributed by atoms with Crippen molar-refractivity contribution in [2.24, 2.45) is 0 Å². The maximum atomic E-state index is 12.0. The Bertz CT molecular complexity index is 212. The van der Waals surface area contributed by atoms with Gasteiger partial charge in [0.05, 0.1) is 0 Å². The van der Waals surface area contributed by atoms with Crippen LogP contribution in [0.15, 0.2) is 18.2 Å². The molecule has 0 amide bonds. The summed E-state index contributed by atoms with van der Waals surface area (Å²) in [6.07, 6.45) is 0. The fraction of sp³-hybridized carbons (Fsp3) is 0. The van der Waals surface area contributed by atoms with Gasteiger partial charge in [0.1, 0.15) is 0 Å². The van der Waals surface area contributed by atoms with E-state index in [0.717, 1.165) is 18.2 Å². The largest absolute Gasteiger partial charge is 2.00 e. The van der Waals surface area contributed by atoms with Gasteiger partial charge in [-0.15, -0.1) is 0 Å². The van der Waals surface area contributed by atoms with E-state index in [4.69, 9.17) is 0 Å². The molecule has 0 atom stereocenters. The van der Waals surface area contributed by atoms with E-state index in [1.54, 1.807) is 0 Å². The van der Waals surface area contributed by atoms with Gasteiger partial charge in [0.25, 0.3) is 0 Å². The summed E-state index contributed by atoms with van der Waals surface area (Å²) in [5.41, 5.74) is 0. The van der Waals surface area contributed by atoms with Crippen molar-refractivity contribution in [1.29, 1.82) is 0 Å². The molecule has 0 aliphatic heterocycles. The van der Waals surface area contributed by atoms with Crippen LogP contribution >= 0.6 is 0 Å². The molecule has 0 saturated heterocycles. The van der Waals surface area contributed by atoms with E-state index >= 15 is 0 Å². The van der Waals surface area contributed by atoms with E-state index in [1.807, 2.05) is 0 Å². The Morgan fingerprint density at radius 2 is 1.17 bits per heavy atom. The van der Waals surface area contributed by atoms with Gasteiger partial charge in [-0.2, -0.15) is 0 Å². The molecule has 0 radical (unpaired) electrons. The van der Waals surface area contributed by atoms with E-state index in [9.17, 15) is 13.2 Å². The molecule has 0 nitrogen and oxygen atoms in total. The molecule has 0 N–H and O–H groups in total. The van der Waals surface area contributed by atoms with Crippen LogP contribution in [0.1, 0.15) is 0 Å². The standard InChI is InChI=1S/C6H3F3.2BrH.Mg/c7-4-2-1-3-5(8)6(4)9;;;/h1-3H;2*1H;/q;;;+2/p-2. The molecule has 1 aromatic carbocycles. The zero-order chi connectivity index (χ0) is 6.85. The first-order valence-corrected chi connectivity index (χ1v) is 2.31. The van der Waals surface area contributed by atoms with Crippen LogP contribution in [0.4, 0.5) is 13.2 Å². The van der Waals surface area contributed by atoms with Gasteiger partial charge in [0.2, 0.25) is 0 Å². The second-order valence-corrected chi connectivity index (χ2v) is 1.54. The minimum absolute atomic E-state index is 0. The third kappa shape index (κ3) is 4.69. The number of hydrogen-bond acceptors (Lipinski definition) is 0. The molecular formula is C6H3Br2F3Mg. The summed E-state index contributed by atoms with van der Waals surface area (Å²) < 4.78 is 35.9. The van der Waals surface area contributed by atoms with E-state index in [1.165, 1.54) is 0 Å². The van der Waals surface area contributed by atoms with Crippen molar-refractivity contribution in [3.8, 4) is 0 Å². The molecule has 6 heteroatoms. The summed E-state index contributed by atoms with van der Waals surface area (Å²) in [6.45, 7) is 0. The van der Waals surface area contributed by atoms with Crippen molar-refractivity contribution in [2.75, 3.05) is 0 Å². The van der Waals surface area contributed by atoms with E-state index in [-0.39, 0.29) is 57.0 Å². The Morgan fingerprint density at radius 1 is 0.833 bits per heavy atom. The first-order valence-electron chi connectivity index (χ1n) is 2.31. The normalized spacial score (nSPS) is 7.25. The number of benzene rings is 1. The minimum Gasteiger partial charge on any atom is -1.00 e. The fourth-order valence-corrected chi connectivity index (χ4v) is 0.477. The molecule has 1 aromatic rings. The van der Waals surface area contributed by atoms with Crippen LogP contribution in [0.3, 0.4) is 0 Å². The van der Waals surface area contributed by atoms with E-state index in [2.05, 4.69) is 0 Å². The molecule has 0 saturated carbocycles. The topological polar surface area (TPSA) is 0 Å². The predicted molar refractivity (Wildman–Crippen MR) is 32.1 cm³/mol. The van der Waals surface area contributed by atoms with Crippen molar-refractivity contribution in [3.63, 3.8) is 0 Å². The summed E-state index contributed by atoms with van der Waals surface area (Å²) in [6, 6.07) is 2.82.